The van der Waals surface area contributed by atoms with Crippen LogP contribution in [-0.2, 0) is 0 Å². The molecule has 3 nitrogen and oxygen atoms in total. The predicted molar refractivity (Wildman–Crippen MR) is 71.6 cm³/mol. The van der Waals surface area contributed by atoms with Crippen molar-refractivity contribution >= 4 is 43.4 Å². The zero-order chi connectivity index (χ0) is 14.3. The third kappa shape index (κ3) is 2.05. The molecule has 20 heavy (non-hydrogen) atoms. The first kappa shape index (κ1) is 13.3. The summed E-state index contributed by atoms with van der Waals surface area (Å²) in [5, 5.41) is 0. The Morgan fingerprint density at radius 2 is 1.95 bits per heavy atom. The molecule has 0 aliphatic rings. The molecule has 0 aliphatic heterocycles. The molecular formula is C14H7F2N2OTl. The molecule has 0 saturated heterocycles. The summed E-state index contributed by atoms with van der Waals surface area (Å²) in [5.74, 6) is -2.12. The number of hydrogen-bond donors (Lipinski definition) is 0. The fourth-order valence-corrected chi connectivity index (χ4v) is 3.14. The molecule has 6 heteroatoms. The van der Waals surface area contributed by atoms with Crippen LogP contribution in [0.2, 0.25) is 0 Å². The fourth-order valence-electron chi connectivity index (χ4n) is 2.07. The van der Waals surface area contributed by atoms with Crippen LogP contribution in [0.3, 0.4) is 0 Å². The van der Waals surface area contributed by atoms with Crippen LogP contribution >= 0.6 is 0 Å². The van der Waals surface area contributed by atoms with Crippen molar-refractivity contribution in [2.75, 3.05) is 0 Å². The predicted octanol–water partition coefficient (Wildman–Crippen LogP) is 2.73. The molecule has 0 aliphatic carbocycles. The van der Waals surface area contributed by atoms with Crippen LogP contribution in [0.5, 0.6) is 0 Å². The Morgan fingerprint density at radius 1 is 1.15 bits per heavy atom. The van der Waals surface area contributed by atoms with Gasteiger partial charge < -0.3 is 0 Å². The Morgan fingerprint density at radius 3 is 2.70 bits per heavy atom. The molecule has 0 radical (unpaired) electrons. The fraction of sp³-hybridized carbons (Fsp3) is 0. The van der Waals surface area contributed by atoms with Crippen LogP contribution < -0.4 is 0 Å². The summed E-state index contributed by atoms with van der Waals surface area (Å²) in [6.07, 6.45) is 2.03. The minimum atomic E-state index is -1.11. The van der Waals surface area contributed by atoms with Crippen molar-refractivity contribution in [3.05, 3.63) is 53.9 Å². The van der Waals surface area contributed by atoms with E-state index in [0.29, 0.717) is 37.9 Å². The molecule has 0 N–H and O–H groups in total. The zero-order valence-corrected chi connectivity index (χ0v) is 14.7. The van der Waals surface area contributed by atoms with Gasteiger partial charge in [0.2, 0.25) is 0 Å². The first-order valence-electron chi connectivity index (χ1n) is 5.77. The van der Waals surface area contributed by atoms with E-state index in [4.69, 9.17) is 0 Å². The topological polar surface area (TPSA) is 34.9 Å². The van der Waals surface area contributed by atoms with Gasteiger partial charge in [-0.3, -0.25) is 0 Å². The number of aromatic nitrogens is 2. The van der Waals surface area contributed by atoms with Crippen molar-refractivity contribution in [3.63, 3.8) is 0 Å². The monoisotopic (exact) mass is 462 g/mol. The average Bonchev–Trinajstić information content (AvgIpc) is 2.83. The number of nitrogens with zero attached hydrogens (tertiary/aromatic N) is 2. The summed E-state index contributed by atoms with van der Waals surface area (Å²) in [5.41, 5.74) is 2.14. The van der Waals surface area contributed by atoms with Gasteiger partial charge in [-0.25, -0.2) is 0 Å². The Hall–Kier alpha value is -1.64. The summed E-state index contributed by atoms with van der Waals surface area (Å²) in [7, 11) is 0. The number of hydrogen-bond acceptors (Lipinski definition) is 2. The van der Waals surface area contributed by atoms with Crippen LogP contribution in [0.1, 0.15) is 10.4 Å². The summed E-state index contributed by atoms with van der Waals surface area (Å²) < 4.78 is 29.6. The van der Waals surface area contributed by atoms with Crippen LogP contribution in [0.4, 0.5) is 8.78 Å². The number of benzene rings is 2. The second-order valence-corrected chi connectivity index (χ2v) is 6.47. The molecular weight excluding hydrogens is 455 g/mol. The maximum absolute atomic E-state index is 14.0. The minimum absolute atomic E-state index is 0.140. The van der Waals surface area contributed by atoms with Crippen molar-refractivity contribution in [2.45, 2.75) is 0 Å². The molecule has 0 fully saturated rings. The van der Waals surface area contributed by atoms with Crippen LogP contribution in [0, 0.1) is 11.6 Å². The Labute approximate surface area is 129 Å². The normalized spacial score (nSPS) is 10.8. The zero-order valence-electron chi connectivity index (χ0n) is 10.2. The summed E-state index contributed by atoms with van der Waals surface area (Å²) in [4.78, 5) is 14.8. The molecule has 0 bridgehead atoms. The van der Waals surface area contributed by atoms with E-state index in [9.17, 15) is 13.6 Å². The van der Waals surface area contributed by atoms with E-state index in [1.807, 2.05) is 2.38 Å². The average molecular weight is 462 g/mol. The van der Waals surface area contributed by atoms with Crippen LogP contribution in [0.15, 0.2) is 36.7 Å². The number of halogens is 2. The molecule has 1 heterocycles. The van der Waals surface area contributed by atoms with E-state index in [0.717, 1.165) is 11.0 Å². The second kappa shape index (κ2) is 5.04. The van der Waals surface area contributed by atoms with Gasteiger partial charge in [0, 0.05) is 0 Å². The van der Waals surface area contributed by atoms with Gasteiger partial charge >= 0.3 is 129 Å². The number of rotatable bonds is 2. The van der Waals surface area contributed by atoms with Crippen LogP contribution in [-0.4, -0.2) is 39.7 Å². The van der Waals surface area contributed by atoms with E-state index >= 15 is 0 Å². The van der Waals surface area contributed by atoms with Gasteiger partial charge in [-0.05, 0) is 0 Å². The molecule has 1 aromatic heterocycles. The quantitative estimate of drug-likeness (QED) is 0.435. The van der Waals surface area contributed by atoms with Gasteiger partial charge in [0.1, 0.15) is 0 Å². The first-order chi connectivity index (χ1) is 9.61. The number of imidazole rings is 1. The molecule has 96 valence electrons. The molecule has 3 rings (SSSR count). The van der Waals surface area contributed by atoms with Gasteiger partial charge in [0.05, 0.1) is 0 Å². The Kier molecular flexibility index (Phi) is 3.37. The molecule has 0 unspecified atom stereocenters. The molecule has 0 spiro atoms. The third-order valence-electron chi connectivity index (χ3n) is 3.12. The number of carbonyl (C=O) groups excluding carboxylic acids is 1. The Balaban J connectivity index is 2.22. The van der Waals surface area contributed by atoms with Gasteiger partial charge in [0.25, 0.3) is 0 Å². The van der Waals surface area contributed by atoms with Crippen molar-refractivity contribution in [1.29, 1.82) is 0 Å². The van der Waals surface area contributed by atoms with Gasteiger partial charge in [0.15, 0.2) is 0 Å². The van der Waals surface area contributed by atoms with Gasteiger partial charge in [-0.15, -0.1) is 0 Å². The van der Waals surface area contributed by atoms with Crippen LogP contribution in [0.25, 0.3) is 22.2 Å². The van der Waals surface area contributed by atoms with Gasteiger partial charge in [-0.2, -0.15) is 0 Å². The van der Waals surface area contributed by atoms with Gasteiger partial charge in [-0.1, -0.05) is 0 Å². The van der Waals surface area contributed by atoms with Crippen molar-refractivity contribution in [3.8, 4) is 11.1 Å². The van der Waals surface area contributed by atoms with E-state index in [1.54, 1.807) is 24.5 Å². The molecule has 0 atom stereocenters. The molecule has 0 saturated carbocycles. The molecule has 0 amide bonds. The van der Waals surface area contributed by atoms with E-state index in [-0.39, 0.29) is 11.1 Å². The molecule has 3 aromatic rings. The first-order valence-corrected chi connectivity index (χ1v) is 7.78. The molecule has 2 aromatic carbocycles. The van der Waals surface area contributed by atoms with Crippen molar-refractivity contribution < 1.29 is 13.6 Å². The van der Waals surface area contributed by atoms with E-state index < -0.39 is 11.6 Å². The third-order valence-corrected chi connectivity index (χ3v) is 4.72. The summed E-state index contributed by atoms with van der Waals surface area (Å²) >= 11 is 0.541. The van der Waals surface area contributed by atoms with E-state index in [2.05, 4.69) is 4.98 Å². The number of fused-ring (bicyclic) bond motifs is 1. The summed E-state index contributed by atoms with van der Waals surface area (Å²) in [6.45, 7) is 0. The SMILES string of the molecule is O=Cc1ccc(-c2ccc3nc[n]([Tl])c3c2)c(F)c1F. The standard InChI is InChI=1S/C14H8F2N2O.Tl/c15-13-9(6-19)1-3-10(14(13)16)8-2-4-11-12(5-8)18-7-17-11;/h1-7H,(H,17,18,19);/q;+1/p-1. The van der Waals surface area contributed by atoms with Crippen molar-refractivity contribution in [2.24, 2.45) is 0 Å². The number of aldehydes is 1. The maximum atomic E-state index is 14.0. The summed E-state index contributed by atoms with van der Waals surface area (Å²) in [6, 6.07) is 7.94. The second-order valence-electron chi connectivity index (χ2n) is 4.30. The Bertz CT molecular complexity index is 829. The van der Waals surface area contributed by atoms with Crippen molar-refractivity contribution in [1.82, 2.24) is 7.36 Å². The number of carbonyl (C=O) groups is 1. The van der Waals surface area contributed by atoms with E-state index in [1.165, 1.54) is 12.1 Å².